The molecule has 7 nitrogen and oxygen atoms in total. The van der Waals surface area contributed by atoms with Crippen molar-refractivity contribution in [1.29, 1.82) is 0 Å². The lowest BCUT2D eigenvalue weighted by molar-refractivity contribution is -0.132. The fourth-order valence-corrected chi connectivity index (χ4v) is 4.22. The van der Waals surface area contributed by atoms with Crippen LogP contribution < -0.4 is 5.32 Å². The van der Waals surface area contributed by atoms with Crippen molar-refractivity contribution in [3.63, 3.8) is 0 Å². The van der Waals surface area contributed by atoms with Gasteiger partial charge in [-0.3, -0.25) is 14.6 Å². The molecule has 2 aromatic rings. The fourth-order valence-electron chi connectivity index (χ4n) is 3.06. The van der Waals surface area contributed by atoms with E-state index in [2.05, 4.69) is 16.9 Å². The predicted molar refractivity (Wildman–Crippen MR) is 112 cm³/mol. The maximum Gasteiger partial charge on any atom is 0.247 e. The summed E-state index contributed by atoms with van der Waals surface area (Å²) in [5.74, 6) is -0.168. The van der Waals surface area contributed by atoms with Crippen LogP contribution >= 0.6 is 0 Å². The summed E-state index contributed by atoms with van der Waals surface area (Å²) >= 11 is 0. The number of hydrogen-bond donors (Lipinski definition) is 1. The Morgan fingerprint density at radius 3 is 2.34 bits per heavy atom. The molecule has 1 aromatic heterocycles. The van der Waals surface area contributed by atoms with Gasteiger partial charge < -0.3 is 10.2 Å². The number of nitrogens with zero attached hydrogens (tertiary/aromatic N) is 3. The second-order valence-electron chi connectivity index (χ2n) is 6.63. The molecular formula is C21H24N4O3S. The van der Waals surface area contributed by atoms with E-state index in [9.17, 15) is 13.8 Å². The highest BCUT2D eigenvalue weighted by molar-refractivity contribution is 7.82. The number of carbonyl (C=O) groups is 2. The zero-order valence-corrected chi connectivity index (χ0v) is 16.9. The highest BCUT2D eigenvalue weighted by atomic mass is 32.2. The van der Waals surface area contributed by atoms with Gasteiger partial charge in [-0.2, -0.15) is 0 Å². The summed E-state index contributed by atoms with van der Waals surface area (Å²) in [4.78, 5) is 30.3. The molecule has 1 aliphatic heterocycles. The molecular weight excluding hydrogens is 388 g/mol. The lowest BCUT2D eigenvalue weighted by Crippen LogP contribution is -2.49. The molecule has 0 bridgehead atoms. The Morgan fingerprint density at radius 2 is 1.72 bits per heavy atom. The van der Waals surface area contributed by atoms with Gasteiger partial charge in [-0.25, -0.2) is 8.51 Å². The smallest absolute Gasteiger partial charge is 0.247 e. The van der Waals surface area contributed by atoms with Crippen molar-refractivity contribution in [1.82, 2.24) is 14.2 Å². The second kappa shape index (κ2) is 10.1. The summed E-state index contributed by atoms with van der Waals surface area (Å²) in [6.07, 6.45) is 5.82. The Balaban J connectivity index is 1.48. The molecule has 29 heavy (non-hydrogen) atoms. The van der Waals surface area contributed by atoms with E-state index >= 15 is 0 Å². The van der Waals surface area contributed by atoms with Crippen molar-refractivity contribution >= 4 is 28.5 Å². The number of hydrogen-bond acceptors (Lipinski definition) is 4. The van der Waals surface area contributed by atoms with Crippen molar-refractivity contribution < 1.29 is 13.8 Å². The van der Waals surface area contributed by atoms with Crippen LogP contribution in [-0.2, 0) is 27.0 Å². The minimum absolute atomic E-state index is 0.120. The first-order valence-corrected chi connectivity index (χ1v) is 10.5. The molecule has 1 atom stereocenters. The maximum atomic E-state index is 12.8. The Bertz CT molecular complexity index is 879. The van der Waals surface area contributed by atoms with Crippen LogP contribution in [0.3, 0.4) is 0 Å². The summed E-state index contributed by atoms with van der Waals surface area (Å²) in [6.45, 7) is 5.66. The third kappa shape index (κ3) is 5.82. The third-order valence-electron chi connectivity index (χ3n) is 4.71. The van der Waals surface area contributed by atoms with E-state index < -0.39 is 11.0 Å². The lowest BCUT2D eigenvalue weighted by atomic mass is 10.1. The minimum Gasteiger partial charge on any atom is -0.340 e. The molecule has 1 fully saturated rings. The first-order chi connectivity index (χ1) is 14.1. The normalized spacial score (nSPS) is 15.5. The molecule has 2 heterocycles. The van der Waals surface area contributed by atoms with E-state index in [1.165, 1.54) is 6.08 Å². The van der Waals surface area contributed by atoms with Crippen LogP contribution in [0.15, 0.2) is 66.3 Å². The summed E-state index contributed by atoms with van der Waals surface area (Å²) in [6, 6.07) is 10.7. The SMILES string of the molecule is C=CC(=O)Nc1ccc(S(=O)N2CCN(C(=O)CCc3ccncc3)CC2)cc1. The van der Waals surface area contributed by atoms with Gasteiger partial charge in [-0.05, 0) is 54.5 Å². The van der Waals surface area contributed by atoms with Crippen molar-refractivity contribution in [2.24, 2.45) is 0 Å². The van der Waals surface area contributed by atoms with Gasteiger partial charge in [0.05, 0.1) is 4.90 Å². The molecule has 3 rings (SSSR count). The van der Waals surface area contributed by atoms with E-state index in [-0.39, 0.29) is 11.8 Å². The Hall–Kier alpha value is -2.84. The largest absolute Gasteiger partial charge is 0.340 e. The van der Waals surface area contributed by atoms with E-state index in [1.54, 1.807) is 36.7 Å². The second-order valence-corrected chi connectivity index (χ2v) is 8.12. The number of aromatic nitrogens is 1. The van der Waals surface area contributed by atoms with E-state index in [0.717, 1.165) is 5.56 Å². The average Bonchev–Trinajstić information content (AvgIpc) is 2.78. The molecule has 0 aliphatic carbocycles. The molecule has 8 heteroatoms. The van der Waals surface area contributed by atoms with Gasteiger partial charge in [0.15, 0.2) is 0 Å². The van der Waals surface area contributed by atoms with Crippen LogP contribution in [0.25, 0.3) is 0 Å². The van der Waals surface area contributed by atoms with Crippen molar-refractivity contribution in [3.05, 3.63) is 67.0 Å². The zero-order chi connectivity index (χ0) is 20.6. The molecule has 0 saturated carbocycles. The van der Waals surface area contributed by atoms with Crippen LogP contribution in [0.5, 0.6) is 0 Å². The van der Waals surface area contributed by atoms with Gasteiger partial charge in [0.25, 0.3) is 0 Å². The van der Waals surface area contributed by atoms with Crippen molar-refractivity contribution in [2.45, 2.75) is 17.7 Å². The quantitative estimate of drug-likeness (QED) is 0.705. The number of benzene rings is 1. The Labute approximate surface area is 173 Å². The van der Waals surface area contributed by atoms with Crippen LogP contribution in [0.1, 0.15) is 12.0 Å². The predicted octanol–water partition coefficient (Wildman–Crippen LogP) is 2.01. The molecule has 1 N–H and O–H groups in total. The zero-order valence-electron chi connectivity index (χ0n) is 16.1. The highest BCUT2D eigenvalue weighted by Crippen LogP contribution is 2.17. The number of amides is 2. The van der Waals surface area contributed by atoms with Gasteiger partial charge in [0.1, 0.15) is 11.0 Å². The lowest BCUT2D eigenvalue weighted by Gasteiger charge is -2.33. The van der Waals surface area contributed by atoms with Crippen LogP contribution in [0.2, 0.25) is 0 Å². The molecule has 1 saturated heterocycles. The number of pyridine rings is 1. The molecule has 152 valence electrons. The van der Waals surface area contributed by atoms with Crippen molar-refractivity contribution in [2.75, 3.05) is 31.5 Å². The summed E-state index contributed by atoms with van der Waals surface area (Å²) in [7, 11) is -1.30. The molecule has 0 radical (unpaired) electrons. The topological polar surface area (TPSA) is 82.6 Å². The average molecular weight is 413 g/mol. The van der Waals surface area contributed by atoms with Crippen LogP contribution in [-0.4, -0.2) is 56.4 Å². The number of carbonyl (C=O) groups excluding carboxylic acids is 2. The highest BCUT2D eigenvalue weighted by Gasteiger charge is 2.24. The fraction of sp³-hybridized carbons (Fsp3) is 0.286. The van der Waals surface area contributed by atoms with Gasteiger partial charge in [-0.15, -0.1) is 0 Å². The van der Waals surface area contributed by atoms with Gasteiger partial charge >= 0.3 is 0 Å². The molecule has 1 unspecified atom stereocenters. The van der Waals surface area contributed by atoms with E-state index in [1.807, 2.05) is 21.3 Å². The van der Waals surface area contributed by atoms with Gasteiger partial charge in [0, 0.05) is 50.7 Å². The number of nitrogens with one attached hydrogen (secondary N) is 1. The van der Waals surface area contributed by atoms with E-state index in [0.29, 0.717) is 49.6 Å². The molecule has 0 spiro atoms. The van der Waals surface area contributed by atoms with Crippen LogP contribution in [0, 0.1) is 0 Å². The summed E-state index contributed by atoms with van der Waals surface area (Å²) < 4.78 is 14.7. The number of aryl methyl sites for hydroxylation is 1. The van der Waals surface area contributed by atoms with Gasteiger partial charge in [0.2, 0.25) is 11.8 Å². The Morgan fingerprint density at radius 1 is 1.07 bits per heavy atom. The Kier molecular flexibility index (Phi) is 7.26. The molecule has 1 aliphatic rings. The summed E-state index contributed by atoms with van der Waals surface area (Å²) in [5, 5.41) is 2.66. The third-order valence-corrected chi connectivity index (χ3v) is 6.22. The monoisotopic (exact) mass is 412 g/mol. The standard InChI is InChI=1S/C21H24N4O3S/c1-2-20(26)23-18-4-6-19(7-5-18)29(28)25-15-13-24(14-16-25)21(27)8-3-17-9-11-22-12-10-17/h2,4-7,9-12H,1,3,8,13-16H2,(H,23,26). The number of rotatable bonds is 7. The first kappa shape index (κ1) is 20.9. The maximum absolute atomic E-state index is 12.8. The van der Waals surface area contributed by atoms with Gasteiger partial charge in [-0.1, -0.05) is 6.58 Å². The first-order valence-electron chi connectivity index (χ1n) is 9.44. The van der Waals surface area contributed by atoms with E-state index in [4.69, 9.17) is 0 Å². The minimum atomic E-state index is -1.30. The van der Waals surface area contributed by atoms with Crippen LogP contribution in [0.4, 0.5) is 5.69 Å². The number of piperazine rings is 1. The molecule has 1 aromatic carbocycles. The number of anilines is 1. The summed E-state index contributed by atoms with van der Waals surface area (Å²) in [5.41, 5.74) is 1.72. The van der Waals surface area contributed by atoms with Crippen molar-refractivity contribution in [3.8, 4) is 0 Å². The molecule has 2 amide bonds.